The molecule has 1 aromatic rings. The Bertz CT molecular complexity index is 582. The number of carbonyl (C=O) groups is 1. The predicted octanol–water partition coefficient (Wildman–Crippen LogP) is 2.13. The summed E-state index contributed by atoms with van der Waals surface area (Å²) in [4.78, 5) is 17.3. The molecule has 0 saturated carbocycles. The van der Waals surface area contributed by atoms with E-state index in [1.54, 1.807) is 7.11 Å². The van der Waals surface area contributed by atoms with Gasteiger partial charge in [0.05, 0.1) is 12.7 Å². The Hall–Kier alpha value is -1.59. The van der Waals surface area contributed by atoms with Crippen molar-refractivity contribution in [2.75, 3.05) is 54.1 Å². The average molecular weight is 332 g/mol. The third-order valence-corrected chi connectivity index (χ3v) is 5.51. The van der Waals surface area contributed by atoms with Gasteiger partial charge in [-0.1, -0.05) is 12.1 Å². The third-order valence-electron chi connectivity index (χ3n) is 5.51. The van der Waals surface area contributed by atoms with Gasteiger partial charge >= 0.3 is 0 Å². The molecule has 0 N–H and O–H groups in total. The molecule has 2 saturated heterocycles. The lowest BCUT2D eigenvalue weighted by atomic mass is 9.72. The number of benzene rings is 1. The molecule has 2 aliphatic rings. The van der Waals surface area contributed by atoms with Crippen molar-refractivity contribution >= 4 is 5.91 Å². The molecule has 0 radical (unpaired) electrons. The van der Waals surface area contributed by atoms with E-state index in [9.17, 15) is 4.79 Å². The maximum atomic E-state index is 13.1. The Morgan fingerprint density at radius 1 is 1.33 bits per heavy atom. The van der Waals surface area contributed by atoms with Crippen LogP contribution in [0.3, 0.4) is 0 Å². The van der Waals surface area contributed by atoms with Gasteiger partial charge in [0.2, 0.25) is 0 Å². The van der Waals surface area contributed by atoms with Crippen LogP contribution < -0.4 is 4.74 Å². The lowest BCUT2D eigenvalue weighted by molar-refractivity contribution is -0.00452. The summed E-state index contributed by atoms with van der Waals surface area (Å²) in [5.41, 5.74) is 0.855. The molecule has 0 aliphatic carbocycles. The highest BCUT2D eigenvalue weighted by Gasteiger charge is 2.48. The maximum absolute atomic E-state index is 13.1. The highest BCUT2D eigenvalue weighted by Crippen LogP contribution is 2.45. The van der Waals surface area contributed by atoms with E-state index in [4.69, 9.17) is 9.47 Å². The highest BCUT2D eigenvalue weighted by molar-refractivity contribution is 5.97. The fourth-order valence-electron chi connectivity index (χ4n) is 4.22. The van der Waals surface area contributed by atoms with Crippen LogP contribution in [0.2, 0.25) is 0 Å². The quantitative estimate of drug-likeness (QED) is 0.847. The number of likely N-dealkylation sites (tertiary alicyclic amines) is 1. The van der Waals surface area contributed by atoms with Crippen LogP contribution in [0.15, 0.2) is 24.3 Å². The molecule has 2 fully saturated rings. The predicted molar refractivity (Wildman–Crippen MR) is 93.4 cm³/mol. The lowest BCUT2D eigenvalue weighted by Gasteiger charge is -2.38. The van der Waals surface area contributed by atoms with Gasteiger partial charge in [0.1, 0.15) is 5.75 Å². The van der Waals surface area contributed by atoms with Gasteiger partial charge in [0.15, 0.2) is 0 Å². The number of carbonyl (C=O) groups excluding carboxylic acids is 1. The van der Waals surface area contributed by atoms with Gasteiger partial charge in [0, 0.05) is 32.8 Å². The summed E-state index contributed by atoms with van der Waals surface area (Å²) in [5, 5.41) is 0. The Labute approximate surface area is 144 Å². The molecule has 0 bridgehead atoms. The summed E-state index contributed by atoms with van der Waals surface area (Å²) >= 11 is 0. The summed E-state index contributed by atoms with van der Waals surface area (Å²) in [6, 6.07) is 7.50. The van der Waals surface area contributed by atoms with Gasteiger partial charge in [-0.05, 0) is 50.4 Å². The maximum Gasteiger partial charge on any atom is 0.257 e. The van der Waals surface area contributed by atoms with E-state index in [1.807, 2.05) is 29.2 Å². The van der Waals surface area contributed by atoms with Crippen molar-refractivity contribution in [3.05, 3.63) is 29.8 Å². The number of amides is 1. The smallest absolute Gasteiger partial charge is 0.257 e. The topological polar surface area (TPSA) is 42.0 Å². The number of para-hydroxylation sites is 1. The Morgan fingerprint density at radius 3 is 2.71 bits per heavy atom. The molecule has 24 heavy (non-hydrogen) atoms. The van der Waals surface area contributed by atoms with E-state index in [2.05, 4.69) is 19.0 Å². The van der Waals surface area contributed by atoms with E-state index < -0.39 is 0 Å². The van der Waals surface area contributed by atoms with Crippen LogP contribution in [0.1, 0.15) is 23.2 Å². The lowest BCUT2D eigenvalue weighted by Crippen LogP contribution is -2.40. The summed E-state index contributed by atoms with van der Waals surface area (Å²) in [6.45, 7) is 4.26. The number of methoxy groups -OCH3 is 1. The Kier molecular flexibility index (Phi) is 5.11. The second-order valence-electron chi connectivity index (χ2n) is 7.32. The molecule has 1 amide bonds. The van der Waals surface area contributed by atoms with Crippen LogP contribution in [-0.2, 0) is 4.74 Å². The summed E-state index contributed by atoms with van der Waals surface area (Å²) in [7, 11) is 5.83. The van der Waals surface area contributed by atoms with Gasteiger partial charge in [-0.2, -0.15) is 0 Å². The van der Waals surface area contributed by atoms with E-state index in [-0.39, 0.29) is 11.3 Å². The molecule has 0 aromatic heterocycles. The third kappa shape index (κ3) is 3.28. The second-order valence-corrected chi connectivity index (χ2v) is 7.32. The SMILES string of the molecule is COc1ccccc1C(=O)N1C[C@H](CN(C)C)C2(CCOCC2)C1. The molecule has 5 nitrogen and oxygen atoms in total. The van der Waals surface area contributed by atoms with E-state index in [0.29, 0.717) is 17.2 Å². The molecule has 1 spiro atoms. The van der Waals surface area contributed by atoms with Crippen LogP contribution in [0.5, 0.6) is 5.75 Å². The molecular formula is C19H28N2O3. The van der Waals surface area contributed by atoms with Crippen LogP contribution >= 0.6 is 0 Å². The minimum atomic E-state index is 0.0829. The number of hydrogen-bond acceptors (Lipinski definition) is 4. The molecule has 1 atom stereocenters. The molecule has 2 heterocycles. The molecule has 2 aliphatic heterocycles. The number of rotatable bonds is 4. The number of nitrogens with zero attached hydrogens (tertiary/aromatic N) is 2. The van der Waals surface area contributed by atoms with Gasteiger partial charge in [0.25, 0.3) is 5.91 Å². The zero-order valence-electron chi connectivity index (χ0n) is 15.0. The van der Waals surface area contributed by atoms with Crippen molar-refractivity contribution in [3.8, 4) is 5.75 Å². The van der Waals surface area contributed by atoms with Gasteiger partial charge in [-0.3, -0.25) is 4.79 Å². The highest BCUT2D eigenvalue weighted by atomic mass is 16.5. The monoisotopic (exact) mass is 332 g/mol. The molecule has 132 valence electrons. The zero-order chi connectivity index (χ0) is 17.2. The van der Waals surface area contributed by atoms with Crippen molar-refractivity contribution in [1.29, 1.82) is 0 Å². The minimum absolute atomic E-state index is 0.0829. The first-order chi connectivity index (χ1) is 11.6. The fraction of sp³-hybridized carbons (Fsp3) is 0.632. The van der Waals surface area contributed by atoms with Crippen LogP contribution in [0, 0.1) is 11.3 Å². The van der Waals surface area contributed by atoms with Gasteiger partial charge in [-0.25, -0.2) is 0 Å². The summed E-state index contributed by atoms with van der Waals surface area (Å²) < 4.78 is 11.0. The van der Waals surface area contributed by atoms with Crippen molar-refractivity contribution < 1.29 is 14.3 Å². The van der Waals surface area contributed by atoms with Crippen LogP contribution in [0.4, 0.5) is 0 Å². The van der Waals surface area contributed by atoms with E-state index in [0.717, 1.165) is 45.7 Å². The molecule has 1 aromatic carbocycles. The van der Waals surface area contributed by atoms with Gasteiger partial charge < -0.3 is 19.3 Å². The second kappa shape index (κ2) is 7.11. The Balaban J connectivity index is 1.83. The normalized spacial score (nSPS) is 23.0. The Morgan fingerprint density at radius 2 is 2.04 bits per heavy atom. The van der Waals surface area contributed by atoms with Crippen molar-refractivity contribution in [2.24, 2.45) is 11.3 Å². The summed E-state index contributed by atoms with van der Waals surface area (Å²) in [5.74, 6) is 1.23. The number of ether oxygens (including phenoxy) is 2. The first-order valence-electron chi connectivity index (χ1n) is 8.70. The van der Waals surface area contributed by atoms with Crippen molar-refractivity contribution in [1.82, 2.24) is 9.80 Å². The largest absolute Gasteiger partial charge is 0.496 e. The van der Waals surface area contributed by atoms with Crippen molar-refractivity contribution in [3.63, 3.8) is 0 Å². The first-order valence-corrected chi connectivity index (χ1v) is 8.70. The van der Waals surface area contributed by atoms with E-state index in [1.165, 1.54) is 0 Å². The number of hydrogen-bond donors (Lipinski definition) is 0. The minimum Gasteiger partial charge on any atom is -0.496 e. The first kappa shape index (κ1) is 17.2. The van der Waals surface area contributed by atoms with Crippen LogP contribution in [-0.4, -0.2) is 69.8 Å². The molecule has 3 rings (SSSR count). The van der Waals surface area contributed by atoms with E-state index >= 15 is 0 Å². The molecule has 5 heteroatoms. The average Bonchev–Trinajstić information content (AvgIpc) is 2.92. The standard InChI is InChI=1S/C19H28N2O3/c1-20(2)12-15-13-21(14-19(15)8-10-24-11-9-19)18(22)16-6-4-5-7-17(16)23-3/h4-7,15H,8-14H2,1-3H3/t15-/m0/s1. The van der Waals surface area contributed by atoms with Crippen molar-refractivity contribution in [2.45, 2.75) is 12.8 Å². The fourth-order valence-corrected chi connectivity index (χ4v) is 4.22. The van der Waals surface area contributed by atoms with Crippen LogP contribution in [0.25, 0.3) is 0 Å². The summed E-state index contributed by atoms with van der Waals surface area (Å²) in [6.07, 6.45) is 2.09. The van der Waals surface area contributed by atoms with Gasteiger partial charge in [-0.15, -0.1) is 0 Å². The molecular weight excluding hydrogens is 304 g/mol. The molecule has 0 unspecified atom stereocenters. The zero-order valence-corrected chi connectivity index (χ0v) is 15.0.